The van der Waals surface area contributed by atoms with E-state index in [4.69, 9.17) is 0 Å². The van der Waals surface area contributed by atoms with Crippen LogP contribution in [0.2, 0.25) is 0 Å². The average Bonchev–Trinajstić information content (AvgIpc) is 1.88. The van der Waals surface area contributed by atoms with Crippen molar-refractivity contribution in [3.05, 3.63) is 11.8 Å². The number of rotatable bonds is 4. The molecule has 0 aromatic rings. The summed E-state index contributed by atoms with van der Waals surface area (Å²) in [6, 6.07) is 0. The number of hydrogen-bond donors (Lipinski definition) is 1. The number of nitrogens with one attached hydrogen (secondary N) is 1. The molecule has 52 valence electrons. The lowest BCUT2D eigenvalue weighted by atomic mass is 10.2. The molecule has 0 fully saturated rings. The van der Waals surface area contributed by atoms with Gasteiger partial charge in [-0.15, -0.1) is 0 Å². The van der Waals surface area contributed by atoms with Crippen molar-refractivity contribution < 1.29 is 0 Å². The van der Waals surface area contributed by atoms with Gasteiger partial charge in [-0.05, 0) is 25.8 Å². The molecule has 0 amide bonds. The number of nitrogens with zero attached hydrogens (tertiary/aromatic N) is 1. The molecule has 0 aliphatic heterocycles. The molecular formula is C7H14N2. The van der Waals surface area contributed by atoms with Gasteiger partial charge in [-0.1, -0.05) is 6.92 Å². The SMILES string of the molecule is C=NC=C(CC)CNC. The summed E-state index contributed by atoms with van der Waals surface area (Å²) in [5, 5.41) is 3.05. The maximum absolute atomic E-state index is 3.67. The normalized spacial score (nSPS) is 11.6. The first kappa shape index (κ1) is 8.37. The van der Waals surface area contributed by atoms with E-state index in [1.165, 1.54) is 5.57 Å². The van der Waals surface area contributed by atoms with Gasteiger partial charge in [0.25, 0.3) is 0 Å². The zero-order valence-electron chi connectivity index (χ0n) is 6.15. The van der Waals surface area contributed by atoms with E-state index in [1.807, 2.05) is 7.05 Å². The molecule has 2 nitrogen and oxygen atoms in total. The Morgan fingerprint density at radius 2 is 2.44 bits per heavy atom. The van der Waals surface area contributed by atoms with Crippen LogP contribution in [-0.2, 0) is 0 Å². The van der Waals surface area contributed by atoms with E-state index < -0.39 is 0 Å². The quantitative estimate of drug-likeness (QED) is 0.562. The van der Waals surface area contributed by atoms with Gasteiger partial charge < -0.3 is 5.32 Å². The van der Waals surface area contributed by atoms with Crippen LogP contribution in [0.25, 0.3) is 0 Å². The fourth-order valence-corrected chi connectivity index (χ4v) is 0.618. The number of aliphatic imine (C=N–C) groups is 1. The maximum Gasteiger partial charge on any atom is 0.0265 e. The molecule has 0 radical (unpaired) electrons. The number of likely N-dealkylation sites (N-methyl/N-ethyl adjacent to an activating group) is 1. The van der Waals surface area contributed by atoms with Crippen LogP contribution in [0.5, 0.6) is 0 Å². The molecule has 0 saturated carbocycles. The van der Waals surface area contributed by atoms with Gasteiger partial charge in [0.1, 0.15) is 0 Å². The summed E-state index contributed by atoms with van der Waals surface area (Å²) in [7, 11) is 1.92. The predicted octanol–water partition coefficient (Wildman–Crippen LogP) is 1.20. The minimum atomic E-state index is 0.912. The van der Waals surface area contributed by atoms with Crippen LogP contribution in [-0.4, -0.2) is 20.3 Å². The molecular weight excluding hydrogens is 112 g/mol. The maximum atomic E-state index is 3.67. The summed E-state index contributed by atoms with van der Waals surface area (Å²) in [5.41, 5.74) is 1.28. The minimum absolute atomic E-state index is 0.912. The molecule has 0 aliphatic rings. The zero-order valence-corrected chi connectivity index (χ0v) is 6.15. The molecule has 0 unspecified atom stereocenters. The standard InChI is InChI=1S/C7H14N2/c1-4-7(5-8-2)6-9-3/h5,9H,2,4,6H2,1,3H3. The summed E-state index contributed by atoms with van der Waals surface area (Å²) >= 11 is 0. The highest BCUT2D eigenvalue weighted by molar-refractivity contribution is 5.26. The van der Waals surface area contributed by atoms with E-state index >= 15 is 0 Å². The minimum Gasteiger partial charge on any atom is -0.316 e. The molecule has 2 heteroatoms. The van der Waals surface area contributed by atoms with E-state index in [1.54, 1.807) is 6.20 Å². The van der Waals surface area contributed by atoms with E-state index in [0.717, 1.165) is 13.0 Å². The molecule has 0 aromatic carbocycles. The largest absolute Gasteiger partial charge is 0.316 e. The van der Waals surface area contributed by atoms with Gasteiger partial charge in [0.05, 0.1) is 0 Å². The Labute approximate surface area is 56.7 Å². The van der Waals surface area contributed by atoms with Crippen LogP contribution in [0.15, 0.2) is 16.8 Å². The van der Waals surface area contributed by atoms with Gasteiger partial charge in [-0.3, -0.25) is 4.99 Å². The molecule has 0 bridgehead atoms. The second kappa shape index (κ2) is 5.51. The van der Waals surface area contributed by atoms with Crippen molar-refractivity contribution in [3.63, 3.8) is 0 Å². The lowest BCUT2D eigenvalue weighted by Crippen LogP contribution is -2.09. The molecule has 9 heavy (non-hydrogen) atoms. The Hall–Kier alpha value is -0.630. The van der Waals surface area contributed by atoms with Gasteiger partial charge in [0, 0.05) is 12.7 Å². The van der Waals surface area contributed by atoms with Crippen molar-refractivity contribution in [2.24, 2.45) is 4.99 Å². The third-order valence-electron chi connectivity index (χ3n) is 1.13. The van der Waals surface area contributed by atoms with Crippen molar-refractivity contribution in [1.29, 1.82) is 0 Å². The molecule has 0 saturated heterocycles. The summed E-state index contributed by atoms with van der Waals surface area (Å²) < 4.78 is 0. The van der Waals surface area contributed by atoms with Crippen LogP contribution >= 0.6 is 0 Å². The van der Waals surface area contributed by atoms with Crippen molar-refractivity contribution in [2.75, 3.05) is 13.6 Å². The van der Waals surface area contributed by atoms with Crippen LogP contribution in [0.4, 0.5) is 0 Å². The van der Waals surface area contributed by atoms with Crippen molar-refractivity contribution in [3.8, 4) is 0 Å². The highest BCUT2D eigenvalue weighted by Crippen LogP contribution is 1.96. The first-order valence-corrected chi connectivity index (χ1v) is 3.13. The van der Waals surface area contributed by atoms with E-state index in [2.05, 4.69) is 24.0 Å². The lowest BCUT2D eigenvalue weighted by molar-refractivity contribution is 0.842. The fourth-order valence-electron chi connectivity index (χ4n) is 0.618. The highest BCUT2D eigenvalue weighted by atomic mass is 14.8. The monoisotopic (exact) mass is 126 g/mol. The predicted molar refractivity (Wildman–Crippen MR) is 41.8 cm³/mol. The molecule has 0 atom stereocenters. The second-order valence-corrected chi connectivity index (χ2v) is 1.85. The molecule has 0 aromatic heterocycles. The van der Waals surface area contributed by atoms with Gasteiger partial charge >= 0.3 is 0 Å². The molecule has 0 rings (SSSR count). The molecule has 1 N–H and O–H groups in total. The molecule has 0 heterocycles. The topological polar surface area (TPSA) is 24.4 Å². The Balaban J connectivity index is 3.66. The first-order chi connectivity index (χ1) is 4.35. The van der Waals surface area contributed by atoms with Gasteiger partial charge in [-0.25, -0.2) is 0 Å². The van der Waals surface area contributed by atoms with Gasteiger partial charge in [0.15, 0.2) is 0 Å². The van der Waals surface area contributed by atoms with E-state index in [-0.39, 0.29) is 0 Å². The van der Waals surface area contributed by atoms with Crippen LogP contribution in [0.3, 0.4) is 0 Å². The Bertz CT molecular complexity index is 105. The van der Waals surface area contributed by atoms with Gasteiger partial charge in [0.2, 0.25) is 0 Å². The van der Waals surface area contributed by atoms with Crippen LogP contribution in [0.1, 0.15) is 13.3 Å². The third kappa shape index (κ3) is 3.91. The molecule has 0 spiro atoms. The lowest BCUT2D eigenvalue weighted by Gasteiger charge is -1.99. The molecule has 0 aliphatic carbocycles. The van der Waals surface area contributed by atoms with Crippen molar-refractivity contribution in [2.45, 2.75) is 13.3 Å². The van der Waals surface area contributed by atoms with E-state index in [9.17, 15) is 0 Å². The highest BCUT2D eigenvalue weighted by Gasteiger charge is 1.87. The zero-order chi connectivity index (χ0) is 7.11. The summed E-state index contributed by atoms with van der Waals surface area (Å²) in [6.45, 7) is 6.39. The van der Waals surface area contributed by atoms with Crippen molar-refractivity contribution in [1.82, 2.24) is 5.32 Å². The summed E-state index contributed by atoms with van der Waals surface area (Å²) in [5.74, 6) is 0. The Morgan fingerprint density at radius 3 is 2.78 bits per heavy atom. The third-order valence-corrected chi connectivity index (χ3v) is 1.13. The fraction of sp³-hybridized carbons (Fsp3) is 0.571. The summed E-state index contributed by atoms with van der Waals surface area (Å²) in [4.78, 5) is 3.67. The number of hydrogen-bond acceptors (Lipinski definition) is 2. The average molecular weight is 126 g/mol. The Morgan fingerprint density at radius 1 is 1.78 bits per heavy atom. The van der Waals surface area contributed by atoms with Crippen LogP contribution < -0.4 is 5.32 Å². The first-order valence-electron chi connectivity index (χ1n) is 3.13. The van der Waals surface area contributed by atoms with E-state index in [0.29, 0.717) is 0 Å². The van der Waals surface area contributed by atoms with Crippen molar-refractivity contribution >= 4 is 6.72 Å². The van der Waals surface area contributed by atoms with Gasteiger partial charge in [-0.2, -0.15) is 0 Å². The Kier molecular flexibility index (Phi) is 5.12. The smallest absolute Gasteiger partial charge is 0.0265 e. The van der Waals surface area contributed by atoms with Crippen LogP contribution in [0, 0.1) is 0 Å². The second-order valence-electron chi connectivity index (χ2n) is 1.85. The summed E-state index contributed by atoms with van der Waals surface area (Å²) in [6.07, 6.45) is 2.84.